The van der Waals surface area contributed by atoms with E-state index in [1.807, 2.05) is 24.3 Å². The Morgan fingerprint density at radius 3 is 2.90 bits per heavy atom. The predicted octanol–water partition coefficient (Wildman–Crippen LogP) is 3.91. The number of Topliss-reactive ketones (excluding diaryl/α,β-unsaturated/α-hetero) is 1. The summed E-state index contributed by atoms with van der Waals surface area (Å²) in [7, 11) is 0. The van der Waals surface area contributed by atoms with Crippen LogP contribution in [0.5, 0.6) is 0 Å². The third-order valence-electron chi connectivity index (χ3n) is 3.62. The van der Waals surface area contributed by atoms with Gasteiger partial charge in [0.25, 0.3) is 0 Å². The molecule has 0 bridgehead atoms. The zero-order chi connectivity index (χ0) is 14.1. The van der Waals surface area contributed by atoms with Crippen LogP contribution in [0.3, 0.4) is 0 Å². The summed E-state index contributed by atoms with van der Waals surface area (Å²) >= 11 is 3.21. The van der Waals surface area contributed by atoms with E-state index >= 15 is 0 Å². The van der Waals surface area contributed by atoms with E-state index in [4.69, 9.17) is 0 Å². The van der Waals surface area contributed by atoms with Crippen molar-refractivity contribution >= 4 is 27.4 Å². The number of halogens is 2. The predicted molar refractivity (Wildman–Crippen MR) is 80.5 cm³/mol. The Morgan fingerprint density at radius 1 is 1.25 bits per heavy atom. The molecule has 0 amide bonds. The Kier molecular flexibility index (Phi) is 3.57. The number of fused-ring (bicyclic) bond motifs is 1. The van der Waals surface area contributed by atoms with E-state index in [0.29, 0.717) is 16.6 Å². The molecule has 102 valence electrons. The van der Waals surface area contributed by atoms with Crippen molar-refractivity contribution in [3.63, 3.8) is 0 Å². The Balaban J connectivity index is 1.83. The van der Waals surface area contributed by atoms with Gasteiger partial charge in [-0.25, -0.2) is 4.39 Å². The number of nitrogens with one attached hydrogen (secondary N) is 1. The van der Waals surface area contributed by atoms with E-state index in [-0.39, 0.29) is 23.9 Å². The average Bonchev–Trinajstić information content (AvgIpc) is 2.88. The van der Waals surface area contributed by atoms with Gasteiger partial charge in [-0.3, -0.25) is 4.79 Å². The van der Waals surface area contributed by atoms with E-state index in [9.17, 15) is 9.18 Å². The van der Waals surface area contributed by atoms with Crippen molar-refractivity contribution in [1.29, 1.82) is 0 Å². The number of carbonyl (C=O) groups is 1. The zero-order valence-electron chi connectivity index (χ0n) is 10.7. The van der Waals surface area contributed by atoms with Crippen LogP contribution in [0.25, 0.3) is 0 Å². The van der Waals surface area contributed by atoms with Crippen molar-refractivity contribution in [3.05, 3.63) is 63.9 Å². The molecular weight excluding hydrogens is 321 g/mol. The fourth-order valence-corrected chi connectivity index (χ4v) is 2.97. The minimum atomic E-state index is -0.333. The molecular formula is C16H13BrFNO. The van der Waals surface area contributed by atoms with Crippen LogP contribution in [0.15, 0.2) is 46.9 Å². The largest absolute Gasteiger partial charge is 0.384 e. The molecule has 1 aliphatic heterocycles. The highest BCUT2D eigenvalue weighted by Crippen LogP contribution is 2.33. The van der Waals surface area contributed by atoms with Crippen LogP contribution in [0.2, 0.25) is 0 Å². The minimum Gasteiger partial charge on any atom is -0.384 e. The molecule has 0 saturated carbocycles. The lowest BCUT2D eigenvalue weighted by Crippen LogP contribution is -2.17. The second-order valence-corrected chi connectivity index (χ2v) is 5.67. The maximum absolute atomic E-state index is 13.5. The number of rotatable bonds is 3. The molecule has 1 unspecified atom stereocenters. The first-order chi connectivity index (χ1) is 9.66. The van der Waals surface area contributed by atoms with Gasteiger partial charge in [0.2, 0.25) is 0 Å². The van der Waals surface area contributed by atoms with Gasteiger partial charge in [-0.1, -0.05) is 30.3 Å². The van der Waals surface area contributed by atoms with Crippen LogP contribution in [-0.2, 0) is 11.2 Å². The fourth-order valence-electron chi connectivity index (χ4n) is 2.57. The number of hydrogen-bond acceptors (Lipinski definition) is 2. The maximum Gasteiger partial charge on any atom is 0.146 e. The zero-order valence-corrected chi connectivity index (χ0v) is 12.3. The monoisotopic (exact) mass is 333 g/mol. The maximum atomic E-state index is 13.5. The number of benzene rings is 2. The summed E-state index contributed by atoms with van der Waals surface area (Å²) in [6.45, 7) is 0.616. The topological polar surface area (TPSA) is 29.1 Å². The van der Waals surface area contributed by atoms with Crippen LogP contribution in [-0.4, -0.2) is 12.3 Å². The first kappa shape index (κ1) is 13.3. The normalized spacial score (nSPS) is 16.6. The number of ketones is 1. The third kappa shape index (κ3) is 2.36. The van der Waals surface area contributed by atoms with Crippen molar-refractivity contribution < 1.29 is 9.18 Å². The number of anilines is 1. The highest BCUT2D eigenvalue weighted by atomic mass is 79.9. The van der Waals surface area contributed by atoms with Crippen molar-refractivity contribution in [1.82, 2.24) is 0 Å². The smallest absolute Gasteiger partial charge is 0.146 e. The third-order valence-corrected chi connectivity index (χ3v) is 4.51. The summed E-state index contributed by atoms with van der Waals surface area (Å²) in [5.41, 5.74) is 2.74. The summed E-state index contributed by atoms with van der Waals surface area (Å²) < 4.78 is 13.9. The van der Waals surface area contributed by atoms with Crippen LogP contribution >= 0.6 is 15.9 Å². The van der Waals surface area contributed by atoms with E-state index in [1.165, 1.54) is 6.07 Å². The van der Waals surface area contributed by atoms with Crippen LogP contribution in [0.4, 0.5) is 10.1 Å². The van der Waals surface area contributed by atoms with E-state index in [1.54, 1.807) is 12.1 Å². The Labute approximate surface area is 125 Å². The average molecular weight is 334 g/mol. The molecule has 20 heavy (non-hydrogen) atoms. The molecule has 0 aromatic heterocycles. The summed E-state index contributed by atoms with van der Waals surface area (Å²) in [5, 5.41) is 3.24. The molecule has 1 heterocycles. The van der Waals surface area contributed by atoms with Gasteiger partial charge in [-0.2, -0.15) is 0 Å². The summed E-state index contributed by atoms with van der Waals surface area (Å²) in [6.07, 6.45) is 0.235. The molecule has 1 aliphatic rings. The molecule has 0 radical (unpaired) electrons. The summed E-state index contributed by atoms with van der Waals surface area (Å²) in [5.74, 6) is -0.379. The number of para-hydroxylation sites is 1. The van der Waals surface area contributed by atoms with Crippen LogP contribution in [0.1, 0.15) is 17.0 Å². The van der Waals surface area contributed by atoms with Gasteiger partial charge >= 0.3 is 0 Å². The quantitative estimate of drug-likeness (QED) is 0.922. The van der Waals surface area contributed by atoms with Gasteiger partial charge in [-0.15, -0.1) is 0 Å². The highest BCUT2D eigenvalue weighted by Gasteiger charge is 2.28. The lowest BCUT2D eigenvalue weighted by molar-refractivity contribution is -0.119. The molecule has 0 spiro atoms. The van der Waals surface area contributed by atoms with Gasteiger partial charge in [-0.05, 0) is 39.2 Å². The number of carbonyl (C=O) groups excluding carboxylic acids is 1. The van der Waals surface area contributed by atoms with Gasteiger partial charge in [0.1, 0.15) is 11.6 Å². The van der Waals surface area contributed by atoms with E-state index in [0.717, 1.165) is 11.3 Å². The second-order valence-electron chi connectivity index (χ2n) is 4.88. The summed E-state index contributed by atoms with van der Waals surface area (Å²) in [6, 6.07) is 12.6. The van der Waals surface area contributed by atoms with Crippen molar-refractivity contribution in [2.75, 3.05) is 11.9 Å². The molecule has 2 aromatic rings. The number of hydrogen-bond donors (Lipinski definition) is 1. The van der Waals surface area contributed by atoms with Crippen LogP contribution in [0, 0.1) is 5.82 Å². The molecule has 2 nitrogen and oxygen atoms in total. The second kappa shape index (κ2) is 5.37. The highest BCUT2D eigenvalue weighted by molar-refractivity contribution is 9.10. The van der Waals surface area contributed by atoms with Crippen molar-refractivity contribution in [3.8, 4) is 0 Å². The van der Waals surface area contributed by atoms with Crippen molar-refractivity contribution in [2.45, 2.75) is 12.3 Å². The molecule has 0 aliphatic carbocycles. The first-order valence-electron chi connectivity index (χ1n) is 6.45. The van der Waals surface area contributed by atoms with E-state index in [2.05, 4.69) is 21.2 Å². The summed E-state index contributed by atoms with van der Waals surface area (Å²) in [4.78, 5) is 12.5. The molecule has 4 heteroatoms. The molecule has 0 fully saturated rings. The molecule has 1 N–H and O–H groups in total. The fraction of sp³-hybridized carbons (Fsp3) is 0.188. The molecule has 0 saturated heterocycles. The molecule has 3 rings (SSSR count). The van der Waals surface area contributed by atoms with Gasteiger partial charge in [0.05, 0.1) is 10.4 Å². The SMILES string of the molecule is O=C(Cc1cccc(F)c1Br)C1CNc2ccccc21. The molecule has 1 atom stereocenters. The lowest BCUT2D eigenvalue weighted by Gasteiger charge is -2.10. The van der Waals surface area contributed by atoms with Crippen LogP contribution < -0.4 is 5.32 Å². The molecule has 2 aromatic carbocycles. The van der Waals surface area contributed by atoms with Gasteiger partial charge < -0.3 is 5.32 Å². The lowest BCUT2D eigenvalue weighted by atomic mass is 9.93. The Bertz CT molecular complexity index is 671. The van der Waals surface area contributed by atoms with Crippen molar-refractivity contribution in [2.24, 2.45) is 0 Å². The Morgan fingerprint density at radius 2 is 2.05 bits per heavy atom. The Hall–Kier alpha value is -1.68. The van der Waals surface area contributed by atoms with E-state index < -0.39 is 0 Å². The minimum absolute atomic E-state index is 0.105. The van der Waals surface area contributed by atoms with Gasteiger partial charge in [0, 0.05) is 18.7 Å². The first-order valence-corrected chi connectivity index (χ1v) is 7.24. The standard InChI is InChI=1S/C16H13BrFNO/c17-16-10(4-3-6-13(16)18)8-15(20)12-9-19-14-7-2-1-5-11(12)14/h1-7,12,19H,8-9H2. The van der Waals surface area contributed by atoms with Gasteiger partial charge in [0.15, 0.2) is 0 Å².